The molecular formula is C18H21N5O3. The minimum Gasteiger partial charge on any atom is -0.331 e. The molecule has 26 heavy (non-hydrogen) atoms. The quantitative estimate of drug-likeness (QED) is 0.813. The third kappa shape index (κ3) is 2.53. The molecule has 1 aromatic carbocycles. The van der Waals surface area contributed by atoms with Crippen LogP contribution in [0.25, 0.3) is 11.0 Å². The van der Waals surface area contributed by atoms with Crippen LogP contribution in [-0.4, -0.2) is 44.4 Å². The number of aryl methyl sites for hydroxylation is 2. The lowest BCUT2D eigenvalue weighted by atomic mass is 9.96. The van der Waals surface area contributed by atoms with Gasteiger partial charge in [0.25, 0.3) is 5.91 Å². The molecule has 1 aliphatic heterocycles. The number of amides is 4. The number of nitrogens with zero attached hydrogens (tertiary/aromatic N) is 3. The van der Waals surface area contributed by atoms with Gasteiger partial charge in [-0.05, 0) is 50.8 Å². The van der Waals surface area contributed by atoms with E-state index < -0.39 is 17.5 Å². The SMILES string of the molecule is Cc1nc2cc(NC(=O)CN3C(=O)NC(C)(C4CC4)C3=O)ccc2n1C. The maximum atomic E-state index is 12.6. The van der Waals surface area contributed by atoms with Crippen molar-refractivity contribution in [1.82, 2.24) is 19.8 Å². The van der Waals surface area contributed by atoms with Crippen molar-refractivity contribution in [3.63, 3.8) is 0 Å². The van der Waals surface area contributed by atoms with Gasteiger partial charge in [0.2, 0.25) is 5.91 Å². The van der Waals surface area contributed by atoms with Crippen LogP contribution in [0.15, 0.2) is 18.2 Å². The minimum atomic E-state index is -0.873. The first-order valence-electron chi connectivity index (χ1n) is 8.66. The van der Waals surface area contributed by atoms with Crippen LogP contribution in [0.4, 0.5) is 10.5 Å². The predicted octanol–water partition coefficient (Wildman–Crippen LogP) is 1.54. The van der Waals surface area contributed by atoms with E-state index in [0.717, 1.165) is 34.6 Å². The Labute approximate surface area is 150 Å². The van der Waals surface area contributed by atoms with Crippen molar-refractivity contribution in [2.24, 2.45) is 13.0 Å². The highest BCUT2D eigenvalue weighted by Crippen LogP contribution is 2.42. The standard InChI is InChI=1S/C18H21N5O3/c1-10-19-13-8-12(6-7-14(13)22(10)3)20-15(24)9-23-16(25)18(2,11-4-5-11)21-17(23)26/h6-8,11H,4-5,9H2,1-3H3,(H,20,24)(H,21,26). The normalized spacial score (nSPS) is 22.8. The number of anilines is 1. The number of rotatable bonds is 4. The molecule has 4 rings (SSSR count). The number of urea groups is 1. The molecule has 2 heterocycles. The molecule has 8 heteroatoms. The fourth-order valence-electron chi connectivity index (χ4n) is 3.54. The molecule has 0 bridgehead atoms. The van der Waals surface area contributed by atoms with Gasteiger partial charge in [0.1, 0.15) is 17.9 Å². The maximum absolute atomic E-state index is 12.6. The Morgan fingerprint density at radius 2 is 2.12 bits per heavy atom. The second-order valence-electron chi connectivity index (χ2n) is 7.27. The van der Waals surface area contributed by atoms with Gasteiger partial charge in [0.15, 0.2) is 0 Å². The lowest BCUT2D eigenvalue weighted by Crippen LogP contribution is -2.46. The van der Waals surface area contributed by atoms with E-state index in [2.05, 4.69) is 15.6 Å². The second-order valence-corrected chi connectivity index (χ2v) is 7.27. The number of fused-ring (bicyclic) bond motifs is 1. The van der Waals surface area contributed by atoms with Gasteiger partial charge < -0.3 is 15.2 Å². The largest absolute Gasteiger partial charge is 0.331 e. The number of carbonyl (C=O) groups excluding carboxylic acids is 3. The van der Waals surface area contributed by atoms with Gasteiger partial charge in [-0.1, -0.05) is 0 Å². The Morgan fingerprint density at radius 3 is 2.81 bits per heavy atom. The molecule has 4 amide bonds. The maximum Gasteiger partial charge on any atom is 0.325 e. The molecular weight excluding hydrogens is 334 g/mol. The zero-order chi connectivity index (χ0) is 18.6. The lowest BCUT2D eigenvalue weighted by Gasteiger charge is -2.20. The highest BCUT2D eigenvalue weighted by molar-refractivity contribution is 6.10. The number of aromatic nitrogens is 2. The summed E-state index contributed by atoms with van der Waals surface area (Å²) in [5.41, 5.74) is 1.45. The molecule has 0 radical (unpaired) electrons. The van der Waals surface area contributed by atoms with E-state index in [1.165, 1.54) is 0 Å². The Morgan fingerprint density at radius 1 is 1.38 bits per heavy atom. The highest BCUT2D eigenvalue weighted by Gasteiger charge is 2.56. The average Bonchev–Trinajstić information content (AvgIpc) is 3.36. The first-order valence-corrected chi connectivity index (χ1v) is 8.66. The van der Waals surface area contributed by atoms with Gasteiger partial charge in [-0.25, -0.2) is 9.78 Å². The van der Waals surface area contributed by atoms with Gasteiger partial charge in [-0.2, -0.15) is 0 Å². The van der Waals surface area contributed by atoms with Crippen molar-refractivity contribution in [3.05, 3.63) is 24.0 Å². The Balaban J connectivity index is 1.47. The van der Waals surface area contributed by atoms with Gasteiger partial charge in [0.05, 0.1) is 11.0 Å². The number of imidazole rings is 1. The van der Waals surface area contributed by atoms with Crippen molar-refractivity contribution in [1.29, 1.82) is 0 Å². The number of hydrogen-bond donors (Lipinski definition) is 2. The van der Waals surface area contributed by atoms with Crippen LogP contribution >= 0.6 is 0 Å². The van der Waals surface area contributed by atoms with E-state index in [-0.39, 0.29) is 18.4 Å². The summed E-state index contributed by atoms with van der Waals surface area (Å²) in [4.78, 5) is 42.5. The number of hydrogen-bond acceptors (Lipinski definition) is 4. The van der Waals surface area contributed by atoms with Crippen LogP contribution in [0, 0.1) is 12.8 Å². The van der Waals surface area contributed by atoms with Gasteiger partial charge in [-0.15, -0.1) is 0 Å². The monoisotopic (exact) mass is 355 g/mol. The zero-order valence-electron chi connectivity index (χ0n) is 15.0. The molecule has 0 spiro atoms. The van der Waals surface area contributed by atoms with Crippen LogP contribution in [-0.2, 0) is 16.6 Å². The van der Waals surface area contributed by atoms with Gasteiger partial charge in [-0.3, -0.25) is 14.5 Å². The van der Waals surface area contributed by atoms with Crippen molar-refractivity contribution >= 4 is 34.6 Å². The highest BCUT2D eigenvalue weighted by atomic mass is 16.2. The average molecular weight is 355 g/mol. The second kappa shape index (κ2) is 5.55. The minimum absolute atomic E-state index is 0.168. The third-order valence-corrected chi connectivity index (χ3v) is 5.38. The summed E-state index contributed by atoms with van der Waals surface area (Å²) in [6.07, 6.45) is 1.85. The first kappa shape index (κ1) is 16.6. The fourth-order valence-corrected chi connectivity index (χ4v) is 3.54. The molecule has 1 aliphatic carbocycles. The van der Waals surface area contributed by atoms with E-state index in [1.807, 2.05) is 24.6 Å². The summed E-state index contributed by atoms with van der Waals surface area (Å²) in [5.74, 6) is 0.306. The summed E-state index contributed by atoms with van der Waals surface area (Å²) in [5, 5.41) is 5.48. The molecule has 2 N–H and O–H groups in total. The summed E-state index contributed by atoms with van der Waals surface area (Å²) >= 11 is 0. The topological polar surface area (TPSA) is 96.3 Å². The molecule has 1 aromatic heterocycles. The number of benzene rings is 1. The smallest absolute Gasteiger partial charge is 0.325 e. The summed E-state index contributed by atoms with van der Waals surface area (Å²) in [7, 11) is 1.93. The molecule has 8 nitrogen and oxygen atoms in total. The molecule has 2 aromatic rings. The van der Waals surface area contributed by atoms with Crippen molar-refractivity contribution in [2.45, 2.75) is 32.2 Å². The van der Waals surface area contributed by atoms with E-state index in [0.29, 0.717) is 5.69 Å². The number of carbonyl (C=O) groups is 3. The summed E-state index contributed by atoms with van der Waals surface area (Å²) < 4.78 is 1.97. The van der Waals surface area contributed by atoms with E-state index in [9.17, 15) is 14.4 Å². The molecule has 2 aliphatic rings. The van der Waals surface area contributed by atoms with Crippen LogP contribution in [0.2, 0.25) is 0 Å². The fraction of sp³-hybridized carbons (Fsp3) is 0.444. The predicted molar refractivity (Wildman–Crippen MR) is 95.5 cm³/mol. The Bertz CT molecular complexity index is 946. The molecule has 1 atom stereocenters. The van der Waals surface area contributed by atoms with Gasteiger partial charge in [0, 0.05) is 12.7 Å². The van der Waals surface area contributed by atoms with Crippen LogP contribution in [0.1, 0.15) is 25.6 Å². The first-order chi connectivity index (χ1) is 12.3. The summed E-state index contributed by atoms with van der Waals surface area (Å²) in [6, 6.07) is 4.93. The van der Waals surface area contributed by atoms with E-state index in [4.69, 9.17) is 0 Å². The van der Waals surface area contributed by atoms with E-state index >= 15 is 0 Å². The molecule has 1 unspecified atom stereocenters. The number of nitrogens with one attached hydrogen (secondary N) is 2. The van der Waals surface area contributed by atoms with Crippen molar-refractivity contribution in [2.75, 3.05) is 11.9 Å². The van der Waals surface area contributed by atoms with Crippen LogP contribution in [0.5, 0.6) is 0 Å². The number of imide groups is 1. The van der Waals surface area contributed by atoms with Crippen molar-refractivity contribution < 1.29 is 14.4 Å². The van der Waals surface area contributed by atoms with Gasteiger partial charge >= 0.3 is 6.03 Å². The Kier molecular flexibility index (Phi) is 3.54. The zero-order valence-corrected chi connectivity index (χ0v) is 15.0. The summed E-state index contributed by atoms with van der Waals surface area (Å²) in [6.45, 7) is 3.35. The lowest BCUT2D eigenvalue weighted by molar-refractivity contribution is -0.134. The van der Waals surface area contributed by atoms with Crippen LogP contribution < -0.4 is 10.6 Å². The Hall–Kier alpha value is -2.90. The molecule has 2 fully saturated rings. The molecule has 136 valence electrons. The van der Waals surface area contributed by atoms with E-state index in [1.54, 1.807) is 19.1 Å². The third-order valence-electron chi connectivity index (χ3n) is 5.38. The van der Waals surface area contributed by atoms with Crippen LogP contribution in [0.3, 0.4) is 0 Å². The molecule has 1 saturated carbocycles. The van der Waals surface area contributed by atoms with Crippen molar-refractivity contribution in [3.8, 4) is 0 Å². The molecule has 1 saturated heterocycles.